The Hall–Kier alpha value is -4.54. The molecule has 0 spiro atoms. The lowest BCUT2D eigenvalue weighted by atomic mass is 9.94. The molecule has 2 aliphatic carbocycles. The standard InChI is InChI=1S/C34H41F2N5O9S/c1-2-22-17-34(22,31(44)39-51(47,48)24-10-11-24)38-29(42)27-15-23-19-41(27)30(43)26(16-28(35)36)37-32(45)49-14-5-3-4-7-20-8-6-9-21-18-40(33(46)50-23)13-12-25(20)21/h2,4,6-9,22-24,26-28H,1,3,5,10-19H2,(H,37,45)(H,38,42)(H,39,44)/b7-4+/t22-,23+,26-,27-,34+/m0/s1. The minimum Gasteiger partial charge on any atom is -0.450 e. The van der Waals surface area contributed by atoms with Gasteiger partial charge in [0.25, 0.3) is 5.91 Å². The van der Waals surface area contributed by atoms with Gasteiger partial charge in [-0.3, -0.25) is 19.1 Å². The second-order valence-electron chi connectivity index (χ2n) is 13.6. The molecule has 0 radical (unpaired) electrons. The van der Waals surface area contributed by atoms with Gasteiger partial charge in [0.2, 0.25) is 28.3 Å². The summed E-state index contributed by atoms with van der Waals surface area (Å²) in [5.74, 6) is -3.53. The Balaban J connectivity index is 1.26. The normalized spacial score (nSPS) is 29.0. The molecule has 17 heteroatoms. The van der Waals surface area contributed by atoms with Crippen LogP contribution in [0.4, 0.5) is 18.4 Å². The van der Waals surface area contributed by atoms with E-state index in [1.807, 2.05) is 35.1 Å². The Morgan fingerprint density at radius 1 is 1.20 bits per heavy atom. The molecule has 276 valence electrons. The summed E-state index contributed by atoms with van der Waals surface area (Å²) in [6.45, 7) is 3.85. The molecule has 6 aliphatic rings. The van der Waals surface area contributed by atoms with E-state index in [0.29, 0.717) is 38.6 Å². The molecule has 3 fully saturated rings. The van der Waals surface area contributed by atoms with E-state index in [4.69, 9.17) is 9.47 Å². The predicted octanol–water partition coefficient (Wildman–Crippen LogP) is 2.38. The van der Waals surface area contributed by atoms with Crippen molar-refractivity contribution in [3.05, 3.63) is 53.6 Å². The summed E-state index contributed by atoms with van der Waals surface area (Å²) in [5.41, 5.74) is 1.32. The van der Waals surface area contributed by atoms with Crippen LogP contribution in [-0.4, -0.2) is 103 Å². The lowest BCUT2D eigenvalue weighted by molar-refractivity contribution is -0.141. The number of benzene rings is 1. The summed E-state index contributed by atoms with van der Waals surface area (Å²) in [7, 11) is -3.97. The summed E-state index contributed by atoms with van der Waals surface area (Å²) in [5, 5.41) is 4.08. The average molecular weight is 734 g/mol. The highest BCUT2D eigenvalue weighted by Gasteiger charge is 2.62. The van der Waals surface area contributed by atoms with Crippen LogP contribution in [0.15, 0.2) is 36.9 Å². The number of sulfonamides is 1. The van der Waals surface area contributed by atoms with Crippen LogP contribution in [0.25, 0.3) is 6.08 Å². The molecule has 5 amide bonds. The predicted molar refractivity (Wildman–Crippen MR) is 177 cm³/mol. The van der Waals surface area contributed by atoms with Crippen LogP contribution in [-0.2, 0) is 46.8 Å². The van der Waals surface area contributed by atoms with Crippen LogP contribution in [0.1, 0.15) is 61.6 Å². The quantitative estimate of drug-likeness (QED) is 0.338. The van der Waals surface area contributed by atoms with E-state index >= 15 is 0 Å². The lowest BCUT2D eigenvalue weighted by Crippen LogP contribution is -2.58. The number of rotatable bonds is 8. The van der Waals surface area contributed by atoms with Crippen molar-refractivity contribution in [2.75, 3.05) is 19.7 Å². The van der Waals surface area contributed by atoms with Crippen molar-refractivity contribution in [2.45, 2.75) is 93.3 Å². The van der Waals surface area contributed by atoms with Crippen LogP contribution in [0.5, 0.6) is 0 Å². The van der Waals surface area contributed by atoms with Crippen LogP contribution < -0.4 is 15.4 Å². The molecule has 7 rings (SSSR count). The van der Waals surface area contributed by atoms with Gasteiger partial charge >= 0.3 is 12.2 Å². The number of halogens is 2. The summed E-state index contributed by atoms with van der Waals surface area (Å²) >= 11 is 0. The average Bonchev–Trinajstić information content (AvgIpc) is 4.01. The third-order valence-electron chi connectivity index (χ3n) is 9.97. The maximum Gasteiger partial charge on any atom is 0.410 e. The Morgan fingerprint density at radius 2 is 1.98 bits per heavy atom. The third kappa shape index (κ3) is 8.02. The Labute approximate surface area is 294 Å². The van der Waals surface area contributed by atoms with Gasteiger partial charge in [0.05, 0.1) is 18.4 Å². The molecule has 1 aromatic carbocycles. The highest BCUT2D eigenvalue weighted by molar-refractivity contribution is 7.91. The largest absolute Gasteiger partial charge is 0.450 e. The number of carbonyl (C=O) groups is 5. The number of hydrogen-bond acceptors (Lipinski definition) is 9. The maximum atomic E-state index is 14.0. The van der Waals surface area contributed by atoms with E-state index in [2.05, 4.69) is 17.2 Å². The van der Waals surface area contributed by atoms with E-state index in [0.717, 1.165) is 21.6 Å². The van der Waals surface area contributed by atoms with Gasteiger partial charge in [-0.2, -0.15) is 0 Å². The molecular weight excluding hydrogens is 692 g/mol. The first-order valence-electron chi connectivity index (χ1n) is 17.1. The third-order valence-corrected chi connectivity index (χ3v) is 11.8. The van der Waals surface area contributed by atoms with E-state index in [1.165, 1.54) is 11.0 Å². The first kappa shape index (κ1) is 36.3. The van der Waals surface area contributed by atoms with Crippen molar-refractivity contribution in [2.24, 2.45) is 5.92 Å². The van der Waals surface area contributed by atoms with Crippen molar-refractivity contribution in [3.63, 3.8) is 0 Å². The van der Waals surface area contributed by atoms with E-state index in [1.54, 1.807) is 0 Å². The Bertz CT molecular complexity index is 1740. The number of fused-ring (bicyclic) bond motifs is 10. The fourth-order valence-corrected chi connectivity index (χ4v) is 8.29. The number of ether oxygens (including phenoxy) is 2. The summed E-state index contributed by atoms with van der Waals surface area (Å²) < 4.78 is 65.6. The molecular formula is C34H41F2N5O9S. The molecule has 1 aromatic rings. The molecule has 5 atom stereocenters. The molecule has 4 heterocycles. The molecule has 4 aliphatic heterocycles. The SMILES string of the molecule is C=C[C@H]1C[C@]1(NC(=O)[C@@H]1C[C@@H]2CN1C(=O)[C@H](CC(F)F)NC(=O)OCCC/C=C/c1cccc3c1CCN(C3)C(=O)O2)C(=O)NS(=O)(=O)C1CC1. The summed E-state index contributed by atoms with van der Waals surface area (Å²) in [4.78, 5) is 69.7. The fourth-order valence-electron chi connectivity index (χ4n) is 6.92. The van der Waals surface area contributed by atoms with Gasteiger partial charge in [0.1, 0.15) is 23.7 Å². The first-order chi connectivity index (χ1) is 24.3. The Kier molecular flexibility index (Phi) is 10.4. The molecule has 3 N–H and O–H groups in total. The minimum absolute atomic E-state index is 0.0302. The topological polar surface area (TPSA) is 181 Å². The Morgan fingerprint density at radius 3 is 2.69 bits per heavy atom. The molecule has 0 aromatic heterocycles. The summed E-state index contributed by atoms with van der Waals surface area (Å²) in [6, 6.07) is 2.53. The zero-order chi connectivity index (χ0) is 36.5. The molecule has 2 saturated carbocycles. The molecule has 0 unspecified atom stereocenters. The lowest BCUT2D eigenvalue weighted by Gasteiger charge is -2.30. The van der Waals surface area contributed by atoms with Gasteiger partial charge in [0.15, 0.2) is 0 Å². The monoisotopic (exact) mass is 733 g/mol. The van der Waals surface area contributed by atoms with E-state index in [-0.39, 0.29) is 32.5 Å². The zero-order valence-electron chi connectivity index (χ0n) is 27.9. The molecule has 14 nitrogen and oxygen atoms in total. The van der Waals surface area contributed by atoms with Gasteiger partial charge in [-0.15, -0.1) is 6.58 Å². The number of allylic oxidation sites excluding steroid dienone is 1. The number of nitrogens with zero attached hydrogens (tertiary/aromatic N) is 2. The van der Waals surface area contributed by atoms with E-state index in [9.17, 15) is 41.2 Å². The van der Waals surface area contributed by atoms with Gasteiger partial charge in [-0.25, -0.2) is 26.8 Å². The van der Waals surface area contributed by atoms with Crippen LogP contribution in [0.3, 0.4) is 0 Å². The van der Waals surface area contributed by atoms with Gasteiger partial charge in [-0.1, -0.05) is 36.4 Å². The fraction of sp³-hybridized carbons (Fsp3) is 0.559. The molecule has 6 bridgehead atoms. The van der Waals surface area contributed by atoms with Gasteiger partial charge < -0.3 is 29.9 Å². The second kappa shape index (κ2) is 14.6. The molecule has 51 heavy (non-hydrogen) atoms. The zero-order valence-corrected chi connectivity index (χ0v) is 28.7. The van der Waals surface area contributed by atoms with Crippen molar-refractivity contribution < 1.29 is 50.6 Å². The summed E-state index contributed by atoms with van der Waals surface area (Å²) in [6.07, 6.45) is 0.379. The number of amides is 5. The van der Waals surface area contributed by atoms with Crippen molar-refractivity contribution in [3.8, 4) is 0 Å². The number of alkyl carbamates (subject to hydrolysis) is 1. The maximum absolute atomic E-state index is 14.0. The van der Waals surface area contributed by atoms with Crippen molar-refractivity contribution >= 4 is 46.0 Å². The number of carbonyl (C=O) groups excluding carboxylic acids is 5. The molecule has 1 saturated heterocycles. The van der Waals surface area contributed by atoms with E-state index < -0.39 is 87.7 Å². The van der Waals surface area contributed by atoms with Crippen molar-refractivity contribution in [1.82, 2.24) is 25.2 Å². The number of hydrogen-bond donors (Lipinski definition) is 3. The van der Waals surface area contributed by atoms with Crippen LogP contribution >= 0.6 is 0 Å². The minimum atomic E-state index is -3.97. The second-order valence-corrected chi connectivity index (χ2v) is 15.6. The van der Waals surface area contributed by atoms with Crippen LogP contribution in [0.2, 0.25) is 0 Å². The first-order valence-corrected chi connectivity index (χ1v) is 18.6. The smallest absolute Gasteiger partial charge is 0.410 e. The number of alkyl halides is 2. The highest BCUT2D eigenvalue weighted by atomic mass is 32.2. The van der Waals surface area contributed by atoms with Gasteiger partial charge in [-0.05, 0) is 55.2 Å². The van der Waals surface area contributed by atoms with Crippen LogP contribution in [0, 0.1) is 5.92 Å². The van der Waals surface area contributed by atoms with Gasteiger partial charge in [0, 0.05) is 31.8 Å². The number of nitrogens with one attached hydrogen (secondary N) is 3. The van der Waals surface area contributed by atoms with Crippen molar-refractivity contribution in [1.29, 1.82) is 0 Å². The highest BCUT2D eigenvalue weighted by Crippen LogP contribution is 2.45.